The Balaban J connectivity index is 1.97. The highest BCUT2D eigenvalue weighted by Crippen LogP contribution is 2.52. The predicted octanol–water partition coefficient (Wildman–Crippen LogP) is 4.05. The molecule has 2 heterocycles. The van der Waals surface area contributed by atoms with Gasteiger partial charge in [0, 0.05) is 18.1 Å². The molecule has 1 fully saturated rings. The van der Waals surface area contributed by atoms with E-state index >= 15 is 0 Å². The number of hydrogen-bond acceptors (Lipinski definition) is 4. The van der Waals surface area contributed by atoms with E-state index in [4.69, 9.17) is 17.0 Å². The third-order valence-corrected chi connectivity index (χ3v) is 5.41. The molecule has 2 unspecified atom stereocenters. The van der Waals surface area contributed by atoms with Crippen LogP contribution < -0.4 is 0 Å². The second kappa shape index (κ2) is 5.09. The second-order valence-electron chi connectivity index (χ2n) is 5.72. The highest BCUT2D eigenvalue weighted by atomic mass is 32.1. The van der Waals surface area contributed by atoms with Gasteiger partial charge in [0.2, 0.25) is 0 Å². The standard InChI is InChI=1S/C14H19N3OS2/c1-4-18-11-8-10(14(11,2)3)17-12(15-16-13(17)19)9-6-5-7-20-9/h5-7,10-11H,4,8H2,1-3H3,(H,16,19). The van der Waals surface area contributed by atoms with Gasteiger partial charge in [-0.25, -0.2) is 0 Å². The van der Waals surface area contributed by atoms with Gasteiger partial charge in [-0.2, -0.15) is 5.10 Å². The quantitative estimate of drug-likeness (QED) is 0.867. The summed E-state index contributed by atoms with van der Waals surface area (Å²) >= 11 is 7.12. The fraction of sp³-hybridized carbons (Fsp3) is 0.571. The van der Waals surface area contributed by atoms with E-state index in [-0.39, 0.29) is 5.41 Å². The molecule has 1 aliphatic carbocycles. The SMILES string of the molecule is CCOC1CC(n2c(-c3cccs3)n[nH]c2=S)C1(C)C. The van der Waals surface area contributed by atoms with E-state index in [0.29, 0.717) is 16.9 Å². The molecule has 20 heavy (non-hydrogen) atoms. The molecule has 1 aliphatic rings. The average molecular weight is 309 g/mol. The lowest BCUT2D eigenvalue weighted by atomic mass is 9.64. The number of thiophene rings is 1. The molecule has 0 amide bonds. The highest BCUT2D eigenvalue weighted by molar-refractivity contribution is 7.71. The first-order valence-corrected chi connectivity index (χ1v) is 8.17. The van der Waals surface area contributed by atoms with Crippen LogP contribution in [-0.2, 0) is 4.74 Å². The molecule has 0 aliphatic heterocycles. The Morgan fingerprint density at radius 2 is 2.40 bits per heavy atom. The van der Waals surface area contributed by atoms with Crippen molar-refractivity contribution in [1.29, 1.82) is 0 Å². The Morgan fingerprint density at radius 3 is 3.00 bits per heavy atom. The maximum atomic E-state index is 5.82. The van der Waals surface area contributed by atoms with Gasteiger partial charge in [0.05, 0.1) is 11.0 Å². The van der Waals surface area contributed by atoms with Crippen LogP contribution in [0.25, 0.3) is 10.7 Å². The fourth-order valence-corrected chi connectivity index (χ4v) is 3.93. The molecular weight excluding hydrogens is 290 g/mol. The summed E-state index contributed by atoms with van der Waals surface area (Å²) in [5.74, 6) is 0.943. The van der Waals surface area contributed by atoms with Crippen LogP contribution in [0.3, 0.4) is 0 Å². The minimum Gasteiger partial charge on any atom is -0.378 e. The fourth-order valence-electron chi connectivity index (χ4n) is 2.96. The van der Waals surface area contributed by atoms with Crippen molar-refractivity contribution >= 4 is 23.6 Å². The molecule has 2 aromatic rings. The van der Waals surface area contributed by atoms with Crippen molar-refractivity contribution in [3.05, 3.63) is 22.3 Å². The Kier molecular flexibility index (Phi) is 3.56. The van der Waals surface area contributed by atoms with Crippen LogP contribution in [0.1, 0.15) is 33.2 Å². The van der Waals surface area contributed by atoms with E-state index in [2.05, 4.69) is 40.1 Å². The zero-order valence-corrected chi connectivity index (χ0v) is 13.6. The van der Waals surface area contributed by atoms with Gasteiger partial charge in [-0.15, -0.1) is 11.3 Å². The van der Waals surface area contributed by atoms with Gasteiger partial charge >= 0.3 is 0 Å². The Morgan fingerprint density at radius 1 is 1.60 bits per heavy atom. The molecule has 6 heteroatoms. The van der Waals surface area contributed by atoms with Gasteiger partial charge in [-0.3, -0.25) is 9.67 Å². The van der Waals surface area contributed by atoms with Crippen molar-refractivity contribution in [3.8, 4) is 10.7 Å². The van der Waals surface area contributed by atoms with Gasteiger partial charge in [-0.05, 0) is 37.0 Å². The van der Waals surface area contributed by atoms with Gasteiger partial charge in [0.1, 0.15) is 0 Å². The number of nitrogens with zero attached hydrogens (tertiary/aromatic N) is 2. The van der Waals surface area contributed by atoms with Crippen molar-refractivity contribution in [1.82, 2.24) is 14.8 Å². The van der Waals surface area contributed by atoms with Crippen molar-refractivity contribution in [3.63, 3.8) is 0 Å². The monoisotopic (exact) mass is 309 g/mol. The van der Waals surface area contributed by atoms with Crippen molar-refractivity contribution in [2.24, 2.45) is 5.41 Å². The topological polar surface area (TPSA) is 42.8 Å². The largest absolute Gasteiger partial charge is 0.378 e. The third kappa shape index (κ3) is 2.06. The van der Waals surface area contributed by atoms with Crippen LogP contribution in [0.5, 0.6) is 0 Å². The van der Waals surface area contributed by atoms with E-state index in [9.17, 15) is 0 Å². The first kappa shape index (κ1) is 14.0. The number of rotatable bonds is 4. The Labute approximate surface area is 127 Å². The summed E-state index contributed by atoms with van der Waals surface area (Å²) in [5, 5.41) is 9.42. The second-order valence-corrected chi connectivity index (χ2v) is 7.05. The van der Waals surface area contributed by atoms with E-state index in [0.717, 1.165) is 23.7 Å². The highest BCUT2D eigenvalue weighted by Gasteiger charge is 2.51. The van der Waals surface area contributed by atoms with Crippen LogP contribution in [0.15, 0.2) is 17.5 Å². The molecular formula is C14H19N3OS2. The summed E-state index contributed by atoms with van der Waals surface area (Å²) in [6.07, 6.45) is 1.29. The lowest BCUT2D eigenvalue weighted by Crippen LogP contribution is -2.51. The number of aromatic amines is 1. The summed E-state index contributed by atoms with van der Waals surface area (Å²) in [4.78, 5) is 1.15. The van der Waals surface area contributed by atoms with Gasteiger partial charge < -0.3 is 4.74 Å². The molecule has 0 saturated heterocycles. The van der Waals surface area contributed by atoms with Gasteiger partial charge in [-0.1, -0.05) is 19.9 Å². The number of ether oxygens (including phenoxy) is 1. The summed E-state index contributed by atoms with van der Waals surface area (Å²) in [6, 6.07) is 4.46. The molecule has 1 saturated carbocycles. The number of nitrogens with one attached hydrogen (secondary N) is 1. The van der Waals surface area contributed by atoms with E-state index in [1.807, 2.05) is 13.0 Å². The van der Waals surface area contributed by atoms with Crippen LogP contribution in [-0.4, -0.2) is 27.5 Å². The summed E-state index contributed by atoms with van der Waals surface area (Å²) in [5.41, 5.74) is 0.0735. The minimum absolute atomic E-state index is 0.0735. The normalized spacial score (nSPS) is 24.6. The van der Waals surface area contributed by atoms with Crippen molar-refractivity contribution < 1.29 is 4.74 Å². The maximum Gasteiger partial charge on any atom is 0.195 e. The first-order valence-electron chi connectivity index (χ1n) is 6.88. The Bertz CT molecular complexity index is 642. The number of hydrogen-bond donors (Lipinski definition) is 1. The number of aromatic nitrogens is 3. The molecule has 0 radical (unpaired) electrons. The molecule has 1 N–H and O–H groups in total. The predicted molar refractivity (Wildman–Crippen MR) is 83.6 cm³/mol. The van der Waals surface area contributed by atoms with E-state index in [1.165, 1.54) is 0 Å². The molecule has 4 nitrogen and oxygen atoms in total. The van der Waals surface area contributed by atoms with Crippen molar-refractivity contribution in [2.45, 2.75) is 39.3 Å². The molecule has 0 bridgehead atoms. The third-order valence-electron chi connectivity index (χ3n) is 4.25. The molecule has 2 aromatic heterocycles. The lowest BCUT2D eigenvalue weighted by Gasteiger charge is -2.52. The average Bonchev–Trinajstić information content (AvgIpc) is 3.04. The van der Waals surface area contributed by atoms with Crippen LogP contribution in [0.2, 0.25) is 0 Å². The number of H-pyrrole nitrogens is 1. The van der Waals surface area contributed by atoms with Crippen LogP contribution in [0.4, 0.5) is 0 Å². The first-order chi connectivity index (χ1) is 9.55. The maximum absolute atomic E-state index is 5.82. The van der Waals surface area contributed by atoms with E-state index in [1.54, 1.807) is 11.3 Å². The minimum atomic E-state index is 0.0735. The summed E-state index contributed by atoms with van der Waals surface area (Å²) < 4.78 is 8.68. The summed E-state index contributed by atoms with van der Waals surface area (Å²) in [6.45, 7) is 7.29. The van der Waals surface area contributed by atoms with Crippen molar-refractivity contribution in [2.75, 3.05) is 6.61 Å². The van der Waals surface area contributed by atoms with Gasteiger partial charge in [0.25, 0.3) is 0 Å². The molecule has 2 atom stereocenters. The molecule has 108 valence electrons. The van der Waals surface area contributed by atoms with Crippen LogP contribution in [0, 0.1) is 10.2 Å². The van der Waals surface area contributed by atoms with Crippen LogP contribution >= 0.6 is 23.6 Å². The van der Waals surface area contributed by atoms with Gasteiger partial charge in [0.15, 0.2) is 10.6 Å². The molecule has 0 aromatic carbocycles. The zero-order chi connectivity index (χ0) is 14.3. The Hall–Kier alpha value is -0.980. The molecule has 0 spiro atoms. The smallest absolute Gasteiger partial charge is 0.195 e. The zero-order valence-electron chi connectivity index (χ0n) is 11.9. The van der Waals surface area contributed by atoms with E-state index < -0.39 is 0 Å². The lowest BCUT2D eigenvalue weighted by molar-refractivity contribution is -0.127. The molecule has 3 rings (SSSR count). The summed E-state index contributed by atoms with van der Waals surface area (Å²) in [7, 11) is 0.